The maximum Gasteiger partial charge on any atom is 0.337 e. The Morgan fingerprint density at radius 2 is 1.66 bits per heavy atom. The zero-order chi connectivity index (χ0) is 31.0. The molecule has 0 aliphatic carbocycles. The number of hydrogen-bond donors (Lipinski definition) is 1. The lowest BCUT2D eigenvalue weighted by molar-refractivity contribution is 0.00478. The van der Waals surface area contributed by atoms with Crippen LogP contribution in [0.1, 0.15) is 10.4 Å². The molecule has 9 nitrogen and oxygen atoms in total. The molecule has 0 spiro atoms. The van der Waals surface area contributed by atoms with Gasteiger partial charge in [0.15, 0.2) is 17.8 Å². The largest absolute Gasteiger partial charge is 0.470 e. The number of aromatic nitrogens is 2. The van der Waals surface area contributed by atoms with Crippen LogP contribution in [0, 0.1) is 5.82 Å². The molecule has 232 valence electrons. The van der Waals surface area contributed by atoms with Crippen LogP contribution in [0.3, 0.4) is 0 Å². The summed E-state index contributed by atoms with van der Waals surface area (Å²) in [5.41, 5.74) is 4.27. The number of esters is 1. The predicted octanol–water partition coefficient (Wildman–Crippen LogP) is 5.51. The Labute approximate surface area is 256 Å². The van der Waals surface area contributed by atoms with Crippen LogP contribution in [-0.2, 0) is 25.7 Å². The highest BCUT2D eigenvalue weighted by Gasteiger charge is 2.48. The topological polar surface area (TPSA) is 101 Å². The molecule has 2 saturated heterocycles. The number of rotatable bonds is 10. The first-order valence-electron chi connectivity index (χ1n) is 14.8. The van der Waals surface area contributed by atoms with Crippen LogP contribution in [0.2, 0.25) is 25.7 Å². The second-order valence-electron chi connectivity index (χ2n) is 12.4. The Morgan fingerprint density at radius 1 is 1.00 bits per heavy atom. The van der Waals surface area contributed by atoms with Gasteiger partial charge in [-0.05, 0) is 29.3 Å². The first-order chi connectivity index (χ1) is 21.1. The predicted molar refractivity (Wildman–Crippen MR) is 166 cm³/mol. The van der Waals surface area contributed by atoms with Gasteiger partial charge in [0.05, 0.1) is 36.9 Å². The molecule has 2 aliphatic rings. The van der Waals surface area contributed by atoms with Gasteiger partial charge in [-0.25, -0.2) is 14.2 Å². The molecule has 0 saturated carbocycles. The molecule has 4 atom stereocenters. The smallest absolute Gasteiger partial charge is 0.337 e. The lowest BCUT2D eigenvalue weighted by Gasteiger charge is -2.20. The Balaban J connectivity index is 1.27. The van der Waals surface area contributed by atoms with Gasteiger partial charge in [-0.2, -0.15) is 0 Å². The summed E-state index contributed by atoms with van der Waals surface area (Å²) < 4.78 is 46.2. The minimum Gasteiger partial charge on any atom is -0.470 e. The molecule has 6 rings (SSSR count). The van der Waals surface area contributed by atoms with Crippen molar-refractivity contribution < 1.29 is 38.0 Å². The van der Waals surface area contributed by atoms with E-state index in [1.165, 1.54) is 13.2 Å². The quantitative estimate of drug-likeness (QED) is 0.141. The highest BCUT2D eigenvalue weighted by Crippen LogP contribution is 2.34. The van der Waals surface area contributed by atoms with Crippen molar-refractivity contribution in [2.75, 3.05) is 26.9 Å². The maximum atomic E-state index is 15.7. The van der Waals surface area contributed by atoms with Crippen LogP contribution in [0.4, 0.5) is 4.39 Å². The number of fused-ring (bicyclic) bond motifs is 2. The number of benzene rings is 2. The third kappa shape index (κ3) is 6.29. The average Bonchev–Trinajstić information content (AvgIpc) is 3.69. The van der Waals surface area contributed by atoms with Crippen LogP contribution in [0.5, 0.6) is 5.88 Å². The number of ether oxygens (including phenoxy) is 5. The Morgan fingerprint density at radius 3 is 2.34 bits per heavy atom. The van der Waals surface area contributed by atoms with Crippen LogP contribution in [0.15, 0.2) is 60.7 Å². The SMILES string of the molecule is COC(=O)c1ccc(-c2ccc(-c3nc4cc(O[C@@H]5CO[C@H]6[C@@H]5OC[C@H]6O)n(COCC[Si](C)(C)C)c4cc3F)cc2)cc1. The summed E-state index contributed by atoms with van der Waals surface area (Å²) in [6, 6.07) is 18.8. The molecule has 4 aromatic rings. The number of methoxy groups -OCH3 is 1. The van der Waals surface area contributed by atoms with E-state index in [1.54, 1.807) is 22.8 Å². The summed E-state index contributed by atoms with van der Waals surface area (Å²) in [6.45, 7) is 8.11. The molecule has 4 heterocycles. The van der Waals surface area contributed by atoms with Crippen molar-refractivity contribution in [1.29, 1.82) is 0 Å². The van der Waals surface area contributed by atoms with Crippen LogP contribution >= 0.6 is 0 Å². The van der Waals surface area contributed by atoms with Gasteiger partial charge in [-0.15, -0.1) is 0 Å². The molecule has 2 aromatic carbocycles. The van der Waals surface area contributed by atoms with Crippen LogP contribution in [0.25, 0.3) is 33.4 Å². The van der Waals surface area contributed by atoms with Gasteiger partial charge in [0.2, 0.25) is 0 Å². The second-order valence-corrected chi connectivity index (χ2v) is 18.1. The van der Waals surface area contributed by atoms with E-state index in [1.807, 2.05) is 36.4 Å². The number of halogens is 1. The molecule has 0 bridgehead atoms. The van der Waals surface area contributed by atoms with E-state index < -0.39 is 38.2 Å². The van der Waals surface area contributed by atoms with Crippen LogP contribution in [-0.4, -0.2) is 80.0 Å². The summed E-state index contributed by atoms with van der Waals surface area (Å²) in [4.78, 5) is 16.5. The van der Waals surface area contributed by atoms with Gasteiger partial charge < -0.3 is 28.8 Å². The monoisotopic (exact) mass is 620 g/mol. The Hall–Kier alpha value is -3.61. The molecule has 2 fully saturated rings. The van der Waals surface area contributed by atoms with Gasteiger partial charge in [0.25, 0.3) is 0 Å². The van der Waals surface area contributed by atoms with E-state index in [-0.39, 0.29) is 31.7 Å². The van der Waals surface area contributed by atoms with E-state index in [0.717, 1.165) is 17.2 Å². The van der Waals surface area contributed by atoms with E-state index in [9.17, 15) is 9.90 Å². The van der Waals surface area contributed by atoms with E-state index >= 15 is 4.39 Å². The van der Waals surface area contributed by atoms with E-state index in [0.29, 0.717) is 34.6 Å². The molecule has 2 aliphatic heterocycles. The summed E-state index contributed by atoms with van der Waals surface area (Å²) in [6.07, 6.45) is -1.93. The molecular weight excluding hydrogens is 583 g/mol. The van der Waals surface area contributed by atoms with Crippen molar-refractivity contribution in [3.05, 3.63) is 72.0 Å². The minimum atomic E-state index is -1.30. The van der Waals surface area contributed by atoms with Gasteiger partial charge in [0, 0.05) is 32.4 Å². The lowest BCUT2D eigenvalue weighted by Crippen LogP contribution is -2.35. The summed E-state index contributed by atoms with van der Waals surface area (Å²) in [7, 11) is 0.0495. The zero-order valence-electron chi connectivity index (χ0n) is 25.3. The molecule has 2 aromatic heterocycles. The van der Waals surface area contributed by atoms with Crippen molar-refractivity contribution in [1.82, 2.24) is 9.55 Å². The first kappa shape index (κ1) is 30.4. The zero-order valence-corrected chi connectivity index (χ0v) is 26.3. The number of aliphatic hydroxyl groups excluding tert-OH is 1. The van der Waals surface area contributed by atoms with Crippen molar-refractivity contribution in [3.63, 3.8) is 0 Å². The number of carbonyl (C=O) groups excluding carboxylic acids is 1. The van der Waals surface area contributed by atoms with Gasteiger partial charge in [-0.1, -0.05) is 56.0 Å². The number of pyridine rings is 1. The summed E-state index contributed by atoms with van der Waals surface area (Å²) in [5.74, 6) is -0.384. The maximum absolute atomic E-state index is 15.7. The fourth-order valence-electron chi connectivity index (χ4n) is 5.53. The second kappa shape index (κ2) is 12.4. The number of nitrogens with zero attached hydrogens (tertiary/aromatic N) is 2. The van der Waals surface area contributed by atoms with Gasteiger partial charge >= 0.3 is 5.97 Å². The average molecular weight is 621 g/mol. The minimum absolute atomic E-state index is 0.179. The van der Waals surface area contributed by atoms with Crippen LogP contribution < -0.4 is 4.74 Å². The van der Waals surface area contributed by atoms with Gasteiger partial charge in [0.1, 0.15) is 30.7 Å². The molecule has 1 N–H and O–H groups in total. The molecule has 0 unspecified atom stereocenters. The molecule has 0 radical (unpaired) electrons. The fourth-order valence-corrected chi connectivity index (χ4v) is 6.29. The first-order valence-corrected chi connectivity index (χ1v) is 18.5. The van der Waals surface area contributed by atoms with Crippen molar-refractivity contribution in [2.45, 2.75) is 56.8 Å². The molecular formula is C33H37FN2O7Si. The number of hydrogen-bond acceptors (Lipinski definition) is 8. The molecule has 44 heavy (non-hydrogen) atoms. The Kier molecular flexibility index (Phi) is 8.58. The fraction of sp³-hybridized carbons (Fsp3) is 0.394. The van der Waals surface area contributed by atoms with E-state index in [2.05, 4.69) is 19.6 Å². The highest BCUT2D eigenvalue weighted by molar-refractivity contribution is 6.76. The highest BCUT2D eigenvalue weighted by atomic mass is 28.3. The normalized spacial score (nSPS) is 21.5. The van der Waals surface area contributed by atoms with E-state index in [4.69, 9.17) is 28.7 Å². The summed E-state index contributed by atoms with van der Waals surface area (Å²) in [5, 5.41) is 10.2. The number of aliphatic hydroxyl groups is 1. The number of carbonyl (C=O) groups is 1. The standard InChI is InChI=1S/C33H37FN2O7Si/c1-39-33(38)23-11-7-21(8-12-23)20-5-9-22(10-6-20)30-24(34)15-26-25(35-30)16-29(36(26)19-40-13-14-44(2,3)4)43-28-18-42-31-27(37)17-41-32(28)31/h5-12,15-16,27-28,31-32,37H,13-14,17-19H2,1-4H3/t27-,28-,31-,32-/m1/s1. The third-order valence-electron chi connectivity index (χ3n) is 8.07. The van der Waals surface area contributed by atoms with Crippen molar-refractivity contribution >= 4 is 25.1 Å². The third-order valence-corrected chi connectivity index (χ3v) is 9.77. The van der Waals surface area contributed by atoms with Gasteiger partial charge in [-0.3, -0.25) is 4.57 Å². The summed E-state index contributed by atoms with van der Waals surface area (Å²) >= 11 is 0. The van der Waals surface area contributed by atoms with Crippen molar-refractivity contribution in [2.24, 2.45) is 0 Å². The lowest BCUT2D eigenvalue weighted by atomic mass is 10.0. The molecule has 11 heteroatoms. The van der Waals surface area contributed by atoms with Crippen molar-refractivity contribution in [3.8, 4) is 28.3 Å². The molecule has 0 amide bonds. The Bertz CT molecular complexity index is 1640.